The Labute approximate surface area is 119 Å². The quantitative estimate of drug-likeness (QED) is 0.575. The van der Waals surface area contributed by atoms with E-state index in [1.165, 1.54) is 32.5 Å². The van der Waals surface area contributed by atoms with Crippen LogP contribution in [0.5, 0.6) is 0 Å². The molecule has 1 atom stereocenters. The SMILES string of the molecule is CCOCCCNCCN(C)CC1CCCN1CC. The average Bonchev–Trinajstić information content (AvgIpc) is 2.85. The van der Waals surface area contributed by atoms with Gasteiger partial charge < -0.3 is 15.0 Å². The van der Waals surface area contributed by atoms with E-state index >= 15 is 0 Å². The maximum Gasteiger partial charge on any atom is 0.0477 e. The van der Waals surface area contributed by atoms with E-state index in [1.807, 2.05) is 6.92 Å². The Kier molecular flexibility index (Phi) is 9.43. The molecule has 1 unspecified atom stereocenters. The van der Waals surface area contributed by atoms with Gasteiger partial charge in [-0.25, -0.2) is 0 Å². The van der Waals surface area contributed by atoms with Crippen molar-refractivity contribution < 1.29 is 4.74 Å². The smallest absolute Gasteiger partial charge is 0.0477 e. The summed E-state index contributed by atoms with van der Waals surface area (Å²) in [7, 11) is 2.24. The zero-order chi connectivity index (χ0) is 13.9. The number of likely N-dealkylation sites (tertiary alicyclic amines) is 1. The van der Waals surface area contributed by atoms with E-state index in [-0.39, 0.29) is 0 Å². The minimum atomic E-state index is 0.785. The summed E-state index contributed by atoms with van der Waals surface area (Å²) >= 11 is 0. The molecule has 4 heteroatoms. The van der Waals surface area contributed by atoms with Crippen LogP contribution < -0.4 is 5.32 Å². The first-order valence-electron chi connectivity index (χ1n) is 7.99. The molecule has 1 heterocycles. The maximum atomic E-state index is 5.32. The van der Waals surface area contributed by atoms with Crippen molar-refractivity contribution in [1.82, 2.24) is 15.1 Å². The van der Waals surface area contributed by atoms with Crippen LogP contribution in [-0.4, -0.2) is 75.4 Å². The Bertz CT molecular complexity index is 214. The van der Waals surface area contributed by atoms with E-state index in [4.69, 9.17) is 4.74 Å². The van der Waals surface area contributed by atoms with Crippen molar-refractivity contribution in [3.63, 3.8) is 0 Å². The van der Waals surface area contributed by atoms with Crippen molar-refractivity contribution in [3.8, 4) is 0 Å². The molecule has 0 aliphatic carbocycles. The van der Waals surface area contributed by atoms with Gasteiger partial charge in [0.15, 0.2) is 0 Å². The fraction of sp³-hybridized carbons (Fsp3) is 1.00. The molecule has 0 bridgehead atoms. The molecule has 0 radical (unpaired) electrons. The second-order valence-electron chi connectivity index (χ2n) is 5.49. The van der Waals surface area contributed by atoms with Crippen molar-refractivity contribution >= 4 is 0 Å². The molecule has 4 nitrogen and oxygen atoms in total. The molecule has 19 heavy (non-hydrogen) atoms. The second kappa shape index (κ2) is 10.6. The fourth-order valence-corrected chi connectivity index (χ4v) is 2.81. The minimum absolute atomic E-state index is 0.785. The zero-order valence-corrected chi connectivity index (χ0v) is 13.2. The van der Waals surface area contributed by atoms with Gasteiger partial charge in [0, 0.05) is 38.9 Å². The van der Waals surface area contributed by atoms with Gasteiger partial charge in [-0.3, -0.25) is 4.90 Å². The third-order valence-electron chi connectivity index (χ3n) is 3.94. The second-order valence-corrected chi connectivity index (χ2v) is 5.49. The maximum absolute atomic E-state index is 5.32. The summed E-state index contributed by atoms with van der Waals surface area (Å²) in [4.78, 5) is 5.08. The molecule has 0 aromatic heterocycles. The van der Waals surface area contributed by atoms with Crippen LogP contribution in [-0.2, 0) is 4.74 Å². The predicted molar refractivity (Wildman–Crippen MR) is 81.7 cm³/mol. The van der Waals surface area contributed by atoms with Gasteiger partial charge in [-0.2, -0.15) is 0 Å². The largest absolute Gasteiger partial charge is 0.382 e. The Morgan fingerprint density at radius 1 is 1.32 bits per heavy atom. The highest BCUT2D eigenvalue weighted by Gasteiger charge is 2.23. The van der Waals surface area contributed by atoms with Crippen molar-refractivity contribution in [2.45, 2.75) is 39.2 Å². The van der Waals surface area contributed by atoms with Crippen molar-refractivity contribution in [2.75, 3.05) is 59.5 Å². The number of rotatable bonds is 11. The normalized spacial score (nSPS) is 20.5. The van der Waals surface area contributed by atoms with Crippen molar-refractivity contribution in [1.29, 1.82) is 0 Å². The average molecular weight is 271 g/mol. The van der Waals surface area contributed by atoms with E-state index < -0.39 is 0 Å². The van der Waals surface area contributed by atoms with E-state index in [0.29, 0.717) is 0 Å². The highest BCUT2D eigenvalue weighted by molar-refractivity contribution is 4.80. The number of nitrogens with zero attached hydrogens (tertiary/aromatic N) is 2. The monoisotopic (exact) mass is 271 g/mol. The lowest BCUT2D eigenvalue weighted by Gasteiger charge is -2.27. The molecule has 0 spiro atoms. The Morgan fingerprint density at radius 3 is 2.89 bits per heavy atom. The molecule has 0 amide bonds. The highest BCUT2D eigenvalue weighted by Crippen LogP contribution is 2.16. The summed E-state index contributed by atoms with van der Waals surface area (Å²) in [5.41, 5.74) is 0. The van der Waals surface area contributed by atoms with Gasteiger partial charge in [0.05, 0.1) is 0 Å². The van der Waals surface area contributed by atoms with Crippen LogP contribution in [0.4, 0.5) is 0 Å². The van der Waals surface area contributed by atoms with Gasteiger partial charge in [0.2, 0.25) is 0 Å². The first-order valence-corrected chi connectivity index (χ1v) is 7.99. The fourth-order valence-electron chi connectivity index (χ4n) is 2.81. The van der Waals surface area contributed by atoms with Gasteiger partial charge in [0.1, 0.15) is 0 Å². The third-order valence-corrected chi connectivity index (χ3v) is 3.94. The zero-order valence-electron chi connectivity index (χ0n) is 13.2. The van der Waals surface area contributed by atoms with Crippen LogP contribution in [0.1, 0.15) is 33.1 Å². The molecule has 0 aromatic rings. The Balaban J connectivity index is 1.97. The van der Waals surface area contributed by atoms with Crippen LogP contribution in [0.15, 0.2) is 0 Å². The van der Waals surface area contributed by atoms with Crippen LogP contribution in [0, 0.1) is 0 Å². The van der Waals surface area contributed by atoms with Gasteiger partial charge >= 0.3 is 0 Å². The predicted octanol–water partition coefficient (Wildman–Crippen LogP) is 1.42. The summed E-state index contributed by atoms with van der Waals surface area (Å²) in [5, 5.41) is 3.49. The van der Waals surface area contributed by atoms with E-state index in [0.717, 1.165) is 45.3 Å². The number of hydrogen-bond acceptors (Lipinski definition) is 4. The topological polar surface area (TPSA) is 27.7 Å². The van der Waals surface area contributed by atoms with E-state index in [2.05, 4.69) is 29.1 Å². The van der Waals surface area contributed by atoms with Gasteiger partial charge in [-0.05, 0) is 52.9 Å². The number of likely N-dealkylation sites (N-methyl/N-ethyl adjacent to an activating group) is 2. The van der Waals surface area contributed by atoms with E-state index in [1.54, 1.807) is 0 Å². The number of nitrogens with one attached hydrogen (secondary N) is 1. The molecule has 1 aliphatic heterocycles. The third kappa shape index (κ3) is 7.25. The highest BCUT2D eigenvalue weighted by atomic mass is 16.5. The Hall–Kier alpha value is -0.160. The molecule has 114 valence electrons. The summed E-state index contributed by atoms with van der Waals surface area (Å²) in [6.07, 6.45) is 3.87. The molecule has 1 fully saturated rings. The van der Waals surface area contributed by atoms with E-state index in [9.17, 15) is 0 Å². The van der Waals surface area contributed by atoms with Crippen LogP contribution in [0.3, 0.4) is 0 Å². The number of ether oxygens (including phenoxy) is 1. The lowest BCUT2D eigenvalue weighted by molar-refractivity contribution is 0.144. The standard InChI is InChI=1S/C15H33N3O/c1-4-18-11-6-8-15(18)14-17(3)12-10-16-9-7-13-19-5-2/h15-16H,4-14H2,1-3H3. The van der Waals surface area contributed by atoms with Crippen molar-refractivity contribution in [3.05, 3.63) is 0 Å². The molecule has 1 aliphatic rings. The summed E-state index contributed by atoms with van der Waals surface area (Å²) in [6, 6.07) is 0.785. The molecule has 1 rings (SSSR count). The molecule has 1 N–H and O–H groups in total. The lowest BCUT2D eigenvalue weighted by atomic mass is 10.2. The molecular weight excluding hydrogens is 238 g/mol. The molecule has 0 aromatic carbocycles. The van der Waals surface area contributed by atoms with Crippen LogP contribution in [0.25, 0.3) is 0 Å². The summed E-state index contributed by atoms with van der Waals surface area (Å²) in [5.74, 6) is 0. The first kappa shape index (κ1) is 16.9. The van der Waals surface area contributed by atoms with Crippen LogP contribution >= 0.6 is 0 Å². The Morgan fingerprint density at radius 2 is 2.16 bits per heavy atom. The molecular formula is C15H33N3O. The van der Waals surface area contributed by atoms with Gasteiger partial charge in [-0.1, -0.05) is 6.92 Å². The van der Waals surface area contributed by atoms with Crippen LogP contribution in [0.2, 0.25) is 0 Å². The molecule has 1 saturated heterocycles. The summed E-state index contributed by atoms with van der Waals surface area (Å²) < 4.78 is 5.32. The summed E-state index contributed by atoms with van der Waals surface area (Å²) in [6.45, 7) is 13.0. The first-order chi connectivity index (χ1) is 9.27. The van der Waals surface area contributed by atoms with Gasteiger partial charge in [-0.15, -0.1) is 0 Å². The van der Waals surface area contributed by atoms with Crippen molar-refractivity contribution in [2.24, 2.45) is 0 Å². The lowest BCUT2D eigenvalue weighted by Crippen LogP contribution is -2.40. The minimum Gasteiger partial charge on any atom is -0.382 e. The van der Waals surface area contributed by atoms with Gasteiger partial charge in [0.25, 0.3) is 0 Å². The molecule has 0 saturated carbocycles. The number of hydrogen-bond donors (Lipinski definition) is 1.